The molecule has 3 fully saturated rings. The molecule has 0 aromatic heterocycles. The van der Waals surface area contributed by atoms with Gasteiger partial charge in [-0.25, -0.2) is 0 Å². The van der Waals surface area contributed by atoms with Gasteiger partial charge in [0.1, 0.15) is 5.75 Å². The van der Waals surface area contributed by atoms with E-state index in [2.05, 4.69) is 21.9 Å². The third-order valence-corrected chi connectivity index (χ3v) is 5.16. The Morgan fingerprint density at radius 3 is 2.21 bits per heavy atom. The van der Waals surface area contributed by atoms with Crippen LogP contribution in [0.15, 0.2) is 18.2 Å². The van der Waals surface area contributed by atoms with Crippen LogP contribution >= 0.6 is 0 Å². The van der Waals surface area contributed by atoms with Gasteiger partial charge in [0, 0.05) is 30.9 Å². The summed E-state index contributed by atoms with van der Waals surface area (Å²) in [5.41, 5.74) is 2.37. The summed E-state index contributed by atoms with van der Waals surface area (Å²) in [7, 11) is 0. The van der Waals surface area contributed by atoms with Crippen molar-refractivity contribution in [3.05, 3.63) is 18.2 Å². The molecule has 3 saturated heterocycles. The molecule has 3 heterocycles. The largest absolute Gasteiger partial charge is 0.506 e. The lowest BCUT2D eigenvalue weighted by atomic mass is 10.0. The number of aromatic hydroxyl groups is 1. The first-order chi connectivity index (χ1) is 9.33. The van der Waals surface area contributed by atoms with Crippen molar-refractivity contribution in [3.8, 4) is 5.75 Å². The number of phenols is 1. The Morgan fingerprint density at radius 1 is 0.947 bits per heavy atom. The molecule has 3 aliphatic heterocycles. The van der Waals surface area contributed by atoms with Crippen molar-refractivity contribution in [2.45, 2.75) is 50.6 Å². The maximum Gasteiger partial charge on any atom is 0.139 e. The summed E-state index contributed by atoms with van der Waals surface area (Å²) in [5, 5.41) is 10.2. The molecule has 2 bridgehead atoms. The topological polar surface area (TPSA) is 26.7 Å². The van der Waals surface area contributed by atoms with Gasteiger partial charge in [0.25, 0.3) is 0 Å². The number of hydrogen-bond acceptors (Lipinski definition) is 3. The van der Waals surface area contributed by atoms with Crippen molar-refractivity contribution in [3.63, 3.8) is 0 Å². The molecule has 3 aliphatic rings. The van der Waals surface area contributed by atoms with Crippen LogP contribution in [0.3, 0.4) is 0 Å². The SMILES string of the molecule is Oc1ccc(N2CCCC2)cc1N1C2CCC1CC2. The minimum absolute atomic E-state index is 0.460. The number of phenolic OH excluding ortho intramolecular Hbond substituents is 1. The Bertz CT molecular complexity index is 462. The Labute approximate surface area is 114 Å². The molecule has 0 aliphatic carbocycles. The van der Waals surface area contributed by atoms with Crippen LogP contribution < -0.4 is 9.80 Å². The van der Waals surface area contributed by atoms with E-state index in [-0.39, 0.29) is 0 Å². The van der Waals surface area contributed by atoms with E-state index in [9.17, 15) is 5.11 Å². The second kappa shape index (κ2) is 4.32. The van der Waals surface area contributed by atoms with Crippen LogP contribution in [0, 0.1) is 0 Å². The van der Waals surface area contributed by atoms with Crippen molar-refractivity contribution in [2.75, 3.05) is 22.9 Å². The number of rotatable bonds is 2. The average molecular weight is 258 g/mol. The minimum atomic E-state index is 0.460. The summed E-state index contributed by atoms with van der Waals surface area (Å²) in [6, 6.07) is 7.52. The van der Waals surface area contributed by atoms with Crippen molar-refractivity contribution in [1.82, 2.24) is 0 Å². The fourth-order valence-electron chi connectivity index (χ4n) is 4.20. The van der Waals surface area contributed by atoms with E-state index >= 15 is 0 Å². The molecular weight excluding hydrogens is 236 g/mol. The molecule has 102 valence electrons. The maximum atomic E-state index is 10.2. The molecule has 0 amide bonds. The van der Waals surface area contributed by atoms with E-state index in [0.29, 0.717) is 17.8 Å². The summed E-state index contributed by atoms with van der Waals surface area (Å²) in [4.78, 5) is 4.94. The molecule has 1 aromatic carbocycles. The summed E-state index contributed by atoms with van der Waals surface area (Å²) in [6.07, 6.45) is 7.81. The molecule has 4 rings (SSSR count). The summed E-state index contributed by atoms with van der Waals surface area (Å²) in [6.45, 7) is 2.33. The van der Waals surface area contributed by atoms with Crippen LogP contribution in [-0.4, -0.2) is 30.3 Å². The lowest BCUT2D eigenvalue weighted by molar-refractivity contribution is 0.473. The predicted octanol–water partition coefficient (Wildman–Crippen LogP) is 3.12. The van der Waals surface area contributed by atoms with Gasteiger partial charge in [-0.15, -0.1) is 0 Å². The van der Waals surface area contributed by atoms with E-state index in [1.165, 1.54) is 44.2 Å². The zero-order chi connectivity index (χ0) is 12.8. The molecule has 0 saturated carbocycles. The quantitative estimate of drug-likeness (QED) is 0.883. The van der Waals surface area contributed by atoms with Crippen molar-refractivity contribution < 1.29 is 5.11 Å². The Kier molecular flexibility index (Phi) is 2.61. The summed E-state index contributed by atoms with van der Waals surface area (Å²) < 4.78 is 0. The number of nitrogens with zero attached hydrogens (tertiary/aromatic N) is 2. The molecule has 1 aromatic rings. The highest BCUT2D eigenvalue weighted by Crippen LogP contribution is 2.45. The first kappa shape index (κ1) is 11.4. The highest BCUT2D eigenvalue weighted by atomic mass is 16.3. The zero-order valence-corrected chi connectivity index (χ0v) is 11.4. The van der Waals surface area contributed by atoms with Gasteiger partial charge in [-0.1, -0.05) is 0 Å². The average Bonchev–Trinajstić information content (AvgIpc) is 3.16. The van der Waals surface area contributed by atoms with Gasteiger partial charge in [-0.2, -0.15) is 0 Å². The lowest BCUT2D eigenvalue weighted by Gasteiger charge is -2.27. The third-order valence-electron chi connectivity index (χ3n) is 5.16. The van der Waals surface area contributed by atoms with Crippen molar-refractivity contribution >= 4 is 11.4 Å². The first-order valence-electron chi connectivity index (χ1n) is 7.69. The molecule has 0 spiro atoms. The Hall–Kier alpha value is -1.38. The normalized spacial score (nSPS) is 29.5. The standard InChI is InChI=1S/C16H22N2O/c19-16-8-7-14(17-9-1-2-10-17)11-15(16)18-12-3-4-13(18)6-5-12/h7-8,11-13,19H,1-6,9-10H2. The van der Waals surface area contributed by atoms with Gasteiger partial charge in [0.2, 0.25) is 0 Å². The van der Waals surface area contributed by atoms with Gasteiger partial charge < -0.3 is 14.9 Å². The number of hydrogen-bond donors (Lipinski definition) is 1. The van der Waals surface area contributed by atoms with E-state index < -0.39 is 0 Å². The first-order valence-corrected chi connectivity index (χ1v) is 7.69. The van der Waals surface area contributed by atoms with E-state index in [4.69, 9.17) is 0 Å². The second-order valence-corrected chi connectivity index (χ2v) is 6.24. The molecule has 3 heteroatoms. The molecular formula is C16H22N2O. The van der Waals surface area contributed by atoms with Crippen molar-refractivity contribution in [2.24, 2.45) is 0 Å². The van der Waals surface area contributed by atoms with Crippen LogP contribution in [-0.2, 0) is 0 Å². The van der Waals surface area contributed by atoms with Gasteiger partial charge in [0.15, 0.2) is 0 Å². The molecule has 19 heavy (non-hydrogen) atoms. The van der Waals surface area contributed by atoms with Crippen LogP contribution in [0.5, 0.6) is 5.75 Å². The molecule has 3 nitrogen and oxygen atoms in total. The van der Waals surface area contributed by atoms with Crippen LogP contribution in [0.2, 0.25) is 0 Å². The van der Waals surface area contributed by atoms with E-state index in [1.807, 2.05) is 6.07 Å². The molecule has 0 unspecified atom stereocenters. The Balaban J connectivity index is 1.69. The van der Waals surface area contributed by atoms with E-state index in [1.54, 1.807) is 0 Å². The van der Waals surface area contributed by atoms with Gasteiger partial charge in [-0.3, -0.25) is 0 Å². The molecule has 0 atom stereocenters. The molecule has 1 N–H and O–H groups in total. The third kappa shape index (κ3) is 1.78. The van der Waals surface area contributed by atoms with Gasteiger partial charge >= 0.3 is 0 Å². The number of fused-ring (bicyclic) bond motifs is 2. The highest BCUT2D eigenvalue weighted by Gasteiger charge is 2.40. The van der Waals surface area contributed by atoms with Crippen LogP contribution in [0.1, 0.15) is 38.5 Å². The van der Waals surface area contributed by atoms with Crippen molar-refractivity contribution in [1.29, 1.82) is 0 Å². The summed E-state index contributed by atoms with van der Waals surface area (Å²) in [5.74, 6) is 0.460. The van der Waals surface area contributed by atoms with Gasteiger partial charge in [0.05, 0.1) is 5.69 Å². The monoisotopic (exact) mass is 258 g/mol. The van der Waals surface area contributed by atoms with E-state index in [0.717, 1.165) is 18.8 Å². The Morgan fingerprint density at radius 2 is 1.58 bits per heavy atom. The van der Waals surface area contributed by atoms with Crippen LogP contribution in [0.25, 0.3) is 0 Å². The number of anilines is 2. The fraction of sp³-hybridized carbons (Fsp3) is 0.625. The second-order valence-electron chi connectivity index (χ2n) is 6.24. The minimum Gasteiger partial charge on any atom is -0.506 e. The zero-order valence-electron chi connectivity index (χ0n) is 11.4. The molecule has 0 radical (unpaired) electrons. The predicted molar refractivity (Wildman–Crippen MR) is 78.1 cm³/mol. The highest BCUT2D eigenvalue weighted by molar-refractivity contribution is 5.68. The summed E-state index contributed by atoms with van der Waals surface area (Å²) >= 11 is 0. The van der Waals surface area contributed by atoms with Crippen LogP contribution in [0.4, 0.5) is 11.4 Å². The van der Waals surface area contributed by atoms with Gasteiger partial charge in [-0.05, 0) is 56.7 Å². The maximum absolute atomic E-state index is 10.2. The smallest absolute Gasteiger partial charge is 0.139 e. The lowest BCUT2D eigenvalue weighted by Crippen LogP contribution is -2.28. The number of benzene rings is 1. The fourth-order valence-corrected chi connectivity index (χ4v) is 4.20.